The maximum Gasteiger partial charge on any atom is 0.255 e. The van der Waals surface area contributed by atoms with Crippen molar-refractivity contribution in [2.24, 2.45) is 5.41 Å². The minimum Gasteiger partial charge on any atom is -0.338 e. The lowest BCUT2D eigenvalue weighted by molar-refractivity contribution is -0.117. The number of carbonyl (C=O) groups is 2. The second-order valence-electron chi connectivity index (χ2n) is 6.76. The largest absolute Gasteiger partial charge is 0.338 e. The van der Waals surface area contributed by atoms with Crippen LogP contribution in [0.15, 0.2) is 36.7 Å². The van der Waals surface area contributed by atoms with Crippen molar-refractivity contribution in [3.63, 3.8) is 0 Å². The summed E-state index contributed by atoms with van der Waals surface area (Å²) >= 11 is 1.65. The molecule has 2 fully saturated rings. The molecule has 1 unspecified atom stereocenters. The third-order valence-electron chi connectivity index (χ3n) is 4.95. The standard InChI is InChI=1S/C18H19N3O2S/c1-13-4-5-16(24-13)21-12-18(9-15(21)22)6-8-20(11-18)17(23)14-3-2-7-19-10-14/h2-5,7,10H,6,8-9,11-12H2,1H3. The van der Waals surface area contributed by atoms with Crippen molar-refractivity contribution in [1.82, 2.24) is 9.88 Å². The predicted molar refractivity (Wildman–Crippen MR) is 93.2 cm³/mol. The van der Waals surface area contributed by atoms with Crippen LogP contribution in [0.4, 0.5) is 5.00 Å². The summed E-state index contributed by atoms with van der Waals surface area (Å²) in [7, 11) is 0. The van der Waals surface area contributed by atoms with Gasteiger partial charge in [-0.1, -0.05) is 0 Å². The fourth-order valence-electron chi connectivity index (χ4n) is 3.72. The number of hydrogen-bond acceptors (Lipinski definition) is 4. The van der Waals surface area contributed by atoms with Crippen molar-refractivity contribution in [3.05, 3.63) is 47.1 Å². The summed E-state index contributed by atoms with van der Waals surface area (Å²) in [6, 6.07) is 7.63. The predicted octanol–water partition coefficient (Wildman–Crippen LogP) is 2.72. The van der Waals surface area contributed by atoms with Gasteiger partial charge in [-0.25, -0.2) is 0 Å². The van der Waals surface area contributed by atoms with E-state index in [9.17, 15) is 9.59 Å². The van der Waals surface area contributed by atoms with Crippen LogP contribution < -0.4 is 4.90 Å². The highest BCUT2D eigenvalue weighted by Crippen LogP contribution is 2.43. The molecule has 0 aliphatic carbocycles. The van der Waals surface area contributed by atoms with Crippen molar-refractivity contribution in [2.75, 3.05) is 24.5 Å². The molecule has 2 aliphatic rings. The van der Waals surface area contributed by atoms with E-state index < -0.39 is 0 Å². The number of aromatic nitrogens is 1. The number of amides is 2. The normalized spacial score (nSPS) is 23.5. The summed E-state index contributed by atoms with van der Waals surface area (Å²) in [4.78, 5) is 34.1. The first kappa shape index (κ1) is 15.3. The van der Waals surface area contributed by atoms with Crippen LogP contribution in [0, 0.1) is 12.3 Å². The SMILES string of the molecule is Cc1ccc(N2CC3(CCN(C(=O)c4cccnc4)C3)CC2=O)s1. The molecular weight excluding hydrogens is 322 g/mol. The topological polar surface area (TPSA) is 53.5 Å². The lowest BCUT2D eigenvalue weighted by atomic mass is 9.86. The van der Waals surface area contributed by atoms with Crippen LogP contribution in [0.2, 0.25) is 0 Å². The Balaban J connectivity index is 1.50. The van der Waals surface area contributed by atoms with E-state index in [-0.39, 0.29) is 17.2 Å². The second kappa shape index (κ2) is 5.70. The quantitative estimate of drug-likeness (QED) is 0.844. The number of carbonyl (C=O) groups excluding carboxylic acids is 2. The summed E-state index contributed by atoms with van der Waals surface area (Å²) in [6.07, 6.45) is 4.68. The molecule has 4 heterocycles. The molecule has 0 N–H and O–H groups in total. The van der Waals surface area contributed by atoms with Gasteiger partial charge in [0.2, 0.25) is 5.91 Å². The molecule has 2 aromatic rings. The molecule has 4 rings (SSSR count). The van der Waals surface area contributed by atoms with Gasteiger partial charge in [0.1, 0.15) is 0 Å². The lowest BCUT2D eigenvalue weighted by Crippen LogP contribution is -2.34. The Morgan fingerprint density at radius 2 is 2.17 bits per heavy atom. The molecule has 1 atom stereocenters. The minimum atomic E-state index is -0.104. The number of aryl methyl sites for hydroxylation is 1. The maximum atomic E-state index is 12.6. The summed E-state index contributed by atoms with van der Waals surface area (Å²) in [5.74, 6) is 0.186. The van der Waals surface area contributed by atoms with Crippen molar-refractivity contribution < 1.29 is 9.59 Å². The molecule has 0 bridgehead atoms. The fourth-order valence-corrected chi connectivity index (χ4v) is 4.60. The minimum absolute atomic E-state index is 0.0119. The molecule has 2 aliphatic heterocycles. The third-order valence-corrected chi connectivity index (χ3v) is 5.97. The first-order valence-corrected chi connectivity index (χ1v) is 8.94. The van der Waals surface area contributed by atoms with Gasteiger partial charge >= 0.3 is 0 Å². The van der Waals surface area contributed by atoms with Crippen molar-refractivity contribution in [2.45, 2.75) is 19.8 Å². The van der Waals surface area contributed by atoms with E-state index in [0.717, 1.165) is 11.4 Å². The average Bonchev–Trinajstić information content (AvgIpc) is 3.27. The van der Waals surface area contributed by atoms with Crippen LogP contribution in [0.25, 0.3) is 0 Å². The summed E-state index contributed by atoms with van der Waals surface area (Å²) in [5.41, 5.74) is 0.511. The van der Waals surface area contributed by atoms with Crippen LogP contribution in [-0.4, -0.2) is 41.3 Å². The van der Waals surface area contributed by atoms with Crippen molar-refractivity contribution >= 4 is 28.2 Å². The molecule has 2 amide bonds. The molecule has 5 nitrogen and oxygen atoms in total. The second-order valence-corrected chi connectivity index (χ2v) is 8.03. The zero-order chi connectivity index (χ0) is 16.7. The number of rotatable bonds is 2. The molecule has 24 heavy (non-hydrogen) atoms. The van der Waals surface area contributed by atoms with E-state index in [1.165, 1.54) is 4.88 Å². The van der Waals surface area contributed by atoms with Gasteiger partial charge in [0.05, 0.1) is 10.6 Å². The highest BCUT2D eigenvalue weighted by molar-refractivity contribution is 7.16. The molecule has 2 saturated heterocycles. The van der Waals surface area contributed by atoms with Gasteiger partial charge in [-0.15, -0.1) is 11.3 Å². The van der Waals surface area contributed by atoms with Crippen LogP contribution in [0.3, 0.4) is 0 Å². The van der Waals surface area contributed by atoms with Crippen molar-refractivity contribution in [3.8, 4) is 0 Å². The van der Waals surface area contributed by atoms with E-state index in [1.54, 1.807) is 35.9 Å². The first-order valence-electron chi connectivity index (χ1n) is 8.12. The molecule has 124 valence electrons. The number of pyridine rings is 1. The number of thiophene rings is 1. The molecule has 0 radical (unpaired) electrons. The van der Waals surface area contributed by atoms with E-state index >= 15 is 0 Å². The Bertz CT molecular complexity index is 789. The fraction of sp³-hybridized carbons (Fsp3) is 0.389. The van der Waals surface area contributed by atoms with Gasteiger partial charge in [-0.3, -0.25) is 14.6 Å². The molecule has 6 heteroatoms. The monoisotopic (exact) mass is 341 g/mol. The number of nitrogens with zero attached hydrogens (tertiary/aromatic N) is 3. The van der Waals surface area contributed by atoms with Gasteiger partial charge in [-0.05, 0) is 37.6 Å². The average molecular weight is 341 g/mol. The van der Waals surface area contributed by atoms with Crippen LogP contribution in [-0.2, 0) is 4.79 Å². The molecular formula is C18H19N3O2S. The van der Waals surface area contributed by atoms with Gasteiger partial charge < -0.3 is 9.80 Å². The van der Waals surface area contributed by atoms with E-state index in [0.29, 0.717) is 31.6 Å². The van der Waals surface area contributed by atoms with Gasteiger partial charge in [0.15, 0.2) is 0 Å². The highest BCUT2D eigenvalue weighted by Gasteiger charge is 2.49. The molecule has 0 aromatic carbocycles. The zero-order valence-electron chi connectivity index (χ0n) is 13.6. The molecule has 2 aromatic heterocycles. The summed E-state index contributed by atoms with van der Waals surface area (Å²) in [6.45, 7) is 4.11. The smallest absolute Gasteiger partial charge is 0.255 e. The Hall–Kier alpha value is -2.21. The van der Waals surface area contributed by atoms with E-state index in [1.807, 2.05) is 28.9 Å². The first-order chi connectivity index (χ1) is 11.6. The van der Waals surface area contributed by atoms with Crippen molar-refractivity contribution in [1.29, 1.82) is 0 Å². The Kier molecular flexibility index (Phi) is 3.64. The van der Waals surface area contributed by atoms with E-state index in [4.69, 9.17) is 0 Å². The number of anilines is 1. The van der Waals surface area contributed by atoms with Gasteiger partial charge in [0.25, 0.3) is 5.91 Å². The van der Waals surface area contributed by atoms with E-state index in [2.05, 4.69) is 4.98 Å². The zero-order valence-corrected chi connectivity index (χ0v) is 14.4. The number of likely N-dealkylation sites (tertiary alicyclic amines) is 1. The molecule has 1 spiro atoms. The van der Waals surface area contributed by atoms with Crippen LogP contribution in [0.5, 0.6) is 0 Å². The summed E-state index contributed by atoms with van der Waals surface area (Å²) in [5, 5.41) is 1.02. The highest BCUT2D eigenvalue weighted by atomic mass is 32.1. The Morgan fingerprint density at radius 3 is 2.88 bits per heavy atom. The Labute approximate surface area is 144 Å². The maximum absolute atomic E-state index is 12.6. The van der Waals surface area contributed by atoms with Crippen LogP contribution in [0.1, 0.15) is 28.1 Å². The number of hydrogen-bond donors (Lipinski definition) is 0. The lowest BCUT2D eigenvalue weighted by Gasteiger charge is -2.23. The molecule has 0 saturated carbocycles. The van der Waals surface area contributed by atoms with Crippen LogP contribution >= 0.6 is 11.3 Å². The summed E-state index contributed by atoms with van der Waals surface area (Å²) < 4.78 is 0. The van der Waals surface area contributed by atoms with Gasteiger partial charge in [0, 0.05) is 48.7 Å². The van der Waals surface area contributed by atoms with Gasteiger partial charge in [-0.2, -0.15) is 0 Å². The third kappa shape index (κ3) is 2.60. The Morgan fingerprint density at radius 1 is 1.29 bits per heavy atom.